The van der Waals surface area contributed by atoms with Crippen LogP contribution in [0.3, 0.4) is 0 Å². The molecule has 0 N–H and O–H groups in total. The fourth-order valence-electron chi connectivity index (χ4n) is 9.39. The summed E-state index contributed by atoms with van der Waals surface area (Å²) in [5, 5.41) is 5.39. The first-order chi connectivity index (χ1) is 25.6. The van der Waals surface area contributed by atoms with Crippen molar-refractivity contribution in [3.8, 4) is 22.3 Å². The SMILES string of the molecule is CCCCCC1=Cc2c(-c3cccc4ccccc34)cccc2[CH]1[Zr]([CH]1C(CCCCC)=Cc2c(-c3cccc4ccccc34)cccc21)=[Si](C)C. The van der Waals surface area contributed by atoms with Gasteiger partial charge in [-0.05, 0) is 0 Å². The van der Waals surface area contributed by atoms with Gasteiger partial charge in [-0.3, -0.25) is 0 Å². The summed E-state index contributed by atoms with van der Waals surface area (Å²) in [7, 11) is 0. The Labute approximate surface area is 319 Å². The van der Waals surface area contributed by atoms with Crippen LogP contribution in [0.2, 0.25) is 13.1 Å². The van der Waals surface area contributed by atoms with E-state index in [4.69, 9.17) is 0 Å². The summed E-state index contributed by atoms with van der Waals surface area (Å²) in [4.78, 5) is 0. The standard InChI is InChI=1S/2C24H23.C2H6Si.Zr/c2*1-2-3-4-9-18-16-20-12-8-15-23(24(20)17-18)22-14-7-11-19-10-5-6-13-21(19)22;1-3-2;/h2*5-8,10-17H,2-4,9H2,1H3;1-2H3;. The van der Waals surface area contributed by atoms with E-state index in [1.165, 1.54) is 106 Å². The molecule has 6 aromatic carbocycles. The minimum atomic E-state index is -2.31. The third-order valence-electron chi connectivity index (χ3n) is 11.8. The molecule has 0 radical (unpaired) electrons. The molecule has 6 aromatic rings. The van der Waals surface area contributed by atoms with Gasteiger partial charge in [0.1, 0.15) is 0 Å². The second-order valence-corrected chi connectivity index (χ2v) is 33.2. The molecular formula is C50H52SiZr. The van der Waals surface area contributed by atoms with Gasteiger partial charge in [-0.1, -0.05) is 0 Å². The Morgan fingerprint density at radius 1 is 0.462 bits per heavy atom. The van der Waals surface area contributed by atoms with Gasteiger partial charge in [0.05, 0.1) is 0 Å². The normalized spacial score (nSPS) is 16.2. The van der Waals surface area contributed by atoms with Crippen LogP contribution in [0.4, 0.5) is 0 Å². The summed E-state index contributed by atoms with van der Waals surface area (Å²) in [5.74, 6) is 0. The van der Waals surface area contributed by atoms with Crippen molar-refractivity contribution in [3.05, 3.63) is 155 Å². The number of benzene rings is 6. The van der Waals surface area contributed by atoms with Crippen molar-refractivity contribution in [3.63, 3.8) is 0 Å². The molecule has 0 heterocycles. The second kappa shape index (κ2) is 15.8. The zero-order valence-corrected chi connectivity index (χ0v) is 35.0. The van der Waals surface area contributed by atoms with Crippen molar-refractivity contribution in [1.29, 1.82) is 0 Å². The van der Waals surface area contributed by atoms with Crippen molar-refractivity contribution >= 4 is 39.1 Å². The van der Waals surface area contributed by atoms with Gasteiger partial charge in [-0.15, -0.1) is 0 Å². The Kier molecular flexibility index (Phi) is 10.8. The van der Waals surface area contributed by atoms with Crippen LogP contribution < -0.4 is 0 Å². The molecule has 52 heavy (non-hydrogen) atoms. The monoisotopic (exact) mass is 770 g/mol. The molecule has 8 rings (SSSR count). The number of hydrogen-bond donors (Lipinski definition) is 0. The van der Waals surface area contributed by atoms with Crippen LogP contribution in [0, 0.1) is 0 Å². The van der Waals surface area contributed by atoms with Crippen LogP contribution in [0.25, 0.3) is 56.0 Å². The molecule has 0 saturated carbocycles. The van der Waals surface area contributed by atoms with Gasteiger partial charge in [0.15, 0.2) is 0 Å². The van der Waals surface area contributed by atoms with Crippen LogP contribution >= 0.6 is 0 Å². The Morgan fingerprint density at radius 2 is 0.865 bits per heavy atom. The first-order valence-electron chi connectivity index (χ1n) is 19.9. The van der Waals surface area contributed by atoms with E-state index in [-0.39, 0.29) is 0 Å². The summed E-state index contributed by atoms with van der Waals surface area (Å²) in [5.41, 5.74) is 15.0. The van der Waals surface area contributed by atoms with Crippen LogP contribution in [0.1, 0.15) is 94.7 Å². The molecule has 0 saturated heterocycles. The van der Waals surface area contributed by atoms with E-state index in [1.54, 1.807) is 22.3 Å². The van der Waals surface area contributed by atoms with Gasteiger partial charge >= 0.3 is 322 Å². The van der Waals surface area contributed by atoms with Gasteiger partial charge in [0, 0.05) is 0 Å². The van der Waals surface area contributed by atoms with Gasteiger partial charge in [0.2, 0.25) is 0 Å². The van der Waals surface area contributed by atoms with Crippen molar-refractivity contribution in [2.24, 2.45) is 0 Å². The Bertz CT molecular complexity index is 2200. The summed E-state index contributed by atoms with van der Waals surface area (Å²) < 4.78 is 1.28. The molecule has 260 valence electrons. The summed E-state index contributed by atoms with van der Waals surface area (Å²) in [6.45, 7) is 10.1. The van der Waals surface area contributed by atoms with E-state index in [0.29, 0.717) is 7.25 Å². The van der Waals surface area contributed by atoms with Crippen molar-refractivity contribution in [2.45, 2.75) is 85.6 Å². The Morgan fingerprint density at radius 3 is 1.31 bits per heavy atom. The predicted molar refractivity (Wildman–Crippen MR) is 226 cm³/mol. The topological polar surface area (TPSA) is 0 Å². The Hall–Kier alpha value is -3.58. The molecule has 0 fully saturated rings. The molecule has 2 unspecified atom stereocenters. The molecular weight excluding hydrogens is 720 g/mol. The number of unbranched alkanes of at least 4 members (excludes halogenated alkanes) is 4. The van der Waals surface area contributed by atoms with Gasteiger partial charge < -0.3 is 0 Å². The molecule has 2 atom stereocenters. The van der Waals surface area contributed by atoms with Crippen molar-refractivity contribution in [1.82, 2.24) is 0 Å². The summed E-state index contributed by atoms with van der Waals surface area (Å²) >= 11 is -2.31. The van der Waals surface area contributed by atoms with E-state index in [9.17, 15) is 0 Å². The van der Waals surface area contributed by atoms with Gasteiger partial charge in [-0.25, -0.2) is 0 Å². The predicted octanol–water partition coefficient (Wildman–Crippen LogP) is 14.9. The quantitative estimate of drug-likeness (QED) is 0.0859. The van der Waals surface area contributed by atoms with Crippen LogP contribution in [0.15, 0.2) is 132 Å². The third-order valence-corrected chi connectivity index (χ3v) is 31.3. The molecule has 0 nitrogen and oxygen atoms in total. The van der Waals surface area contributed by atoms with Gasteiger partial charge in [-0.2, -0.15) is 0 Å². The van der Waals surface area contributed by atoms with Gasteiger partial charge in [0.25, 0.3) is 0 Å². The molecule has 2 aliphatic carbocycles. The maximum absolute atomic E-state index is 2.71. The number of fused-ring (bicyclic) bond motifs is 4. The Balaban J connectivity index is 1.31. The fraction of sp³-hybridized carbons (Fsp3) is 0.280. The van der Waals surface area contributed by atoms with E-state index in [2.05, 4.69) is 160 Å². The zero-order chi connectivity index (χ0) is 35.6. The average Bonchev–Trinajstić information content (AvgIpc) is 3.73. The molecule has 0 amide bonds. The minimum absolute atomic E-state index is 0.554. The first-order valence-corrected chi connectivity index (χ1v) is 28.9. The third kappa shape index (κ3) is 6.60. The number of hydrogen-bond acceptors (Lipinski definition) is 0. The number of rotatable bonds is 12. The average molecular weight is 772 g/mol. The fourth-order valence-corrected chi connectivity index (χ4v) is 29.9. The maximum atomic E-state index is 2.71. The molecule has 0 aromatic heterocycles. The van der Waals surface area contributed by atoms with E-state index in [0.717, 1.165) is 0 Å². The van der Waals surface area contributed by atoms with E-state index >= 15 is 0 Å². The molecule has 0 spiro atoms. The van der Waals surface area contributed by atoms with E-state index in [1.807, 2.05) is 0 Å². The zero-order valence-electron chi connectivity index (χ0n) is 31.5. The van der Waals surface area contributed by atoms with Crippen LogP contribution in [-0.2, 0) is 20.4 Å². The summed E-state index contributed by atoms with van der Waals surface area (Å²) in [6.07, 6.45) is 15.7. The van der Waals surface area contributed by atoms with E-state index < -0.39 is 25.8 Å². The molecule has 0 aliphatic heterocycles. The van der Waals surface area contributed by atoms with Crippen molar-refractivity contribution in [2.75, 3.05) is 0 Å². The molecule has 2 aliphatic rings. The van der Waals surface area contributed by atoms with Crippen LogP contribution in [0.5, 0.6) is 0 Å². The summed E-state index contributed by atoms with van der Waals surface area (Å²) in [6, 6.07) is 46.4. The second-order valence-electron chi connectivity index (χ2n) is 15.3. The number of allylic oxidation sites excluding steroid dienone is 2. The van der Waals surface area contributed by atoms with Crippen molar-refractivity contribution < 1.29 is 20.4 Å². The first kappa shape index (κ1) is 35.4. The molecule has 2 heteroatoms. The van der Waals surface area contributed by atoms with Crippen LogP contribution in [-0.4, -0.2) is 5.43 Å². The molecule has 0 bridgehead atoms.